The number of benzene rings is 1. The van der Waals surface area contributed by atoms with E-state index in [4.69, 9.17) is 11.6 Å². The average molecular weight is 404 g/mol. The zero-order chi connectivity index (χ0) is 20.3. The quantitative estimate of drug-likeness (QED) is 0.784. The van der Waals surface area contributed by atoms with Crippen LogP contribution in [-0.2, 0) is 4.79 Å². The first-order chi connectivity index (χ1) is 13.4. The second kappa shape index (κ2) is 8.75. The van der Waals surface area contributed by atoms with E-state index in [0.717, 1.165) is 18.7 Å². The Kier molecular flexibility index (Phi) is 6.36. The van der Waals surface area contributed by atoms with Gasteiger partial charge in [-0.3, -0.25) is 14.5 Å². The Labute approximate surface area is 170 Å². The summed E-state index contributed by atoms with van der Waals surface area (Å²) in [5, 5.41) is 4.80. The Morgan fingerprint density at radius 3 is 2.50 bits per heavy atom. The first-order valence-corrected chi connectivity index (χ1v) is 9.78. The molecule has 0 aliphatic carbocycles. The van der Waals surface area contributed by atoms with E-state index in [9.17, 15) is 9.59 Å². The first kappa shape index (κ1) is 20.4. The van der Waals surface area contributed by atoms with E-state index < -0.39 is 0 Å². The van der Waals surface area contributed by atoms with Crippen molar-refractivity contribution in [2.75, 3.05) is 46.8 Å². The maximum absolute atomic E-state index is 13.2. The number of amides is 2. The topological polar surface area (TPSA) is 61.7 Å². The van der Waals surface area contributed by atoms with Gasteiger partial charge in [-0.15, -0.1) is 0 Å². The van der Waals surface area contributed by atoms with Crippen molar-refractivity contribution in [1.29, 1.82) is 0 Å². The number of para-hydroxylation sites is 1. The molecule has 1 fully saturated rings. The molecule has 1 aromatic carbocycles. The Balaban J connectivity index is 1.74. The second-order valence-corrected chi connectivity index (χ2v) is 7.57. The molecule has 0 radical (unpaired) electrons. The molecule has 7 nitrogen and oxygen atoms in total. The number of nitrogens with zero attached hydrogens (tertiary/aromatic N) is 5. The molecular weight excluding hydrogens is 378 g/mol. The number of carbonyl (C=O) groups excluding carboxylic acids is 2. The number of halogens is 1. The number of likely N-dealkylation sites (N-methyl/N-ethyl adjacent to an activating group) is 1. The normalized spacial score (nSPS) is 15.4. The van der Waals surface area contributed by atoms with Gasteiger partial charge in [-0.2, -0.15) is 5.10 Å². The molecule has 2 heterocycles. The highest BCUT2D eigenvalue weighted by Crippen LogP contribution is 2.25. The molecule has 0 N–H and O–H groups in total. The van der Waals surface area contributed by atoms with Crippen LogP contribution in [0, 0.1) is 6.92 Å². The molecule has 0 saturated carbocycles. The van der Waals surface area contributed by atoms with Crippen LogP contribution in [0.15, 0.2) is 30.3 Å². The molecule has 0 bridgehead atoms. The lowest BCUT2D eigenvalue weighted by Crippen LogP contribution is -2.39. The van der Waals surface area contributed by atoms with Gasteiger partial charge in [-0.05, 0) is 25.5 Å². The SMILES string of the molecule is Cc1nn(-c2ccccc2)c(Cl)c1C(=O)N1CCCN(CC(=O)N(C)C)CC1. The van der Waals surface area contributed by atoms with Crippen LogP contribution < -0.4 is 0 Å². The van der Waals surface area contributed by atoms with Crippen LogP contribution in [0.2, 0.25) is 5.15 Å². The minimum absolute atomic E-state index is 0.0720. The largest absolute Gasteiger partial charge is 0.348 e. The van der Waals surface area contributed by atoms with Crippen LogP contribution in [-0.4, -0.2) is 83.1 Å². The fourth-order valence-corrected chi connectivity index (χ4v) is 3.66. The number of aryl methyl sites for hydroxylation is 1. The highest BCUT2D eigenvalue weighted by Gasteiger charge is 2.27. The zero-order valence-corrected chi connectivity index (χ0v) is 17.3. The molecule has 0 unspecified atom stereocenters. The molecule has 28 heavy (non-hydrogen) atoms. The number of rotatable bonds is 4. The number of hydrogen-bond donors (Lipinski definition) is 0. The van der Waals surface area contributed by atoms with Crippen molar-refractivity contribution in [2.24, 2.45) is 0 Å². The van der Waals surface area contributed by atoms with Gasteiger partial charge in [0.05, 0.1) is 23.5 Å². The lowest BCUT2D eigenvalue weighted by Gasteiger charge is -2.22. The van der Waals surface area contributed by atoms with Crippen molar-refractivity contribution in [3.63, 3.8) is 0 Å². The molecule has 2 aromatic rings. The van der Waals surface area contributed by atoms with Gasteiger partial charge in [0.2, 0.25) is 5.91 Å². The van der Waals surface area contributed by atoms with Gasteiger partial charge in [0.1, 0.15) is 5.15 Å². The van der Waals surface area contributed by atoms with E-state index in [1.807, 2.05) is 35.2 Å². The van der Waals surface area contributed by atoms with Gasteiger partial charge in [0.25, 0.3) is 5.91 Å². The predicted octanol–water partition coefficient (Wildman–Crippen LogP) is 2.07. The Morgan fingerprint density at radius 1 is 1.11 bits per heavy atom. The van der Waals surface area contributed by atoms with Gasteiger partial charge in [-0.1, -0.05) is 29.8 Å². The van der Waals surface area contributed by atoms with E-state index in [-0.39, 0.29) is 11.8 Å². The van der Waals surface area contributed by atoms with Crippen LogP contribution in [0.1, 0.15) is 22.5 Å². The van der Waals surface area contributed by atoms with Gasteiger partial charge in [0, 0.05) is 40.3 Å². The molecule has 1 aromatic heterocycles. The Hall–Kier alpha value is -2.38. The van der Waals surface area contributed by atoms with Gasteiger partial charge < -0.3 is 9.80 Å². The van der Waals surface area contributed by atoms with E-state index >= 15 is 0 Å². The number of carbonyl (C=O) groups is 2. The van der Waals surface area contributed by atoms with E-state index in [1.54, 1.807) is 30.6 Å². The van der Waals surface area contributed by atoms with Gasteiger partial charge in [-0.25, -0.2) is 4.68 Å². The van der Waals surface area contributed by atoms with Crippen LogP contribution in [0.5, 0.6) is 0 Å². The van der Waals surface area contributed by atoms with Crippen molar-refractivity contribution in [3.8, 4) is 5.69 Å². The molecule has 1 aliphatic rings. The van der Waals surface area contributed by atoms with Crippen LogP contribution in [0.25, 0.3) is 5.69 Å². The lowest BCUT2D eigenvalue weighted by molar-refractivity contribution is -0.129. The third kappa shape index (κ3) is 4.36. The Bertz CT molecular complexity index is 850. The molecule has 2 amide bonds. The van der Waals surface area contributed by atoms with Crippen LogP contribution >= 0.6 is 11.6 Å². The molecular formula is C20H26ClN5O2. The smallest absolute Gasteiger partial charge is 0.258 e. The standard InChI is InChI=1S/C20H26ClN5O2/c1-15-18(19(21)26(22-15)16-8-5-4-6-9-16)20(28)25-11-7-10-24(12-13-25)14-17(27)23(2)3/h4-6,8-9H,7,10-14H2,1-3H3. The minimum atomic E-state index is -0.106. The fourth-order valence-electron chi connectivity index (χ4n) is 3.31. The van der Waals surface area contributed by atoms with Crippen LogP contribution in [0.4, 0.5) is 0 Å². The summed E-state index contributed by atoms with van der Waals surface area (Å²) < 4.78 is 1.60. The molecule has 150 valence electrons. The van der Waals surface area contributed by atoms with Crippen molar-refractivity contribution in [3.05, 3.63) is 46.7 Å². The number of aromatic nitrogens is 2. The van der Waals surface area contributed by atoms with Crippen LogP contribution in [0.3, 0.4) is 0 Å². The third-order valence-corrected chi connectivity index (χ3v) is 5.30. The predicted molar refractivity (Wildman–Crippen MR) is 109 cm³/mol. The molecule has 0 spiro atoms. The van der Waals surface area contributed by atoms with Crippen molar-refractivity contribution >= 4 is 23.4 Å². The molecule has 1 aliphatic heterocycles. The van der Waals surface area contributed by atoms with Gasteiger partial charge in [0.15, 0.2) is 0 Å². The van der Waals surface area contributed by atoms with Crippen molar-refractivity contribution in [2.45, 2.75) is 13.3 Å². The van der Waals surface area contributed by atoms with E-state index in [1.165, 1.54) is 0 Å². The fraction of sp³-hybridized carbons (Fsp3) is 0.450. The molecule has 1 saturated heterocycles. The van der Waals surface area contributed by atoms with E-state index in [0.29, 0.717) is 42.6 Å². The minimum Gasteiger partial charge on any atom is -0.348 e. The maximum Gasteiger partial charge on any atom is 0.258 e. The van der Waals surface area contributed by atoms with Crippen molar-refractivity contribution < 1.29 is 9.59 Å². The molecule has 3 rings (SSSR count). The second-order valence-electron chi connectivity index (χ2n) is 7.21. The molecule has 8 heteroatoms. The maximum atomic E-state index is 13.2. The third-order valence-electron chi connectivity index (χ3n) is 4.95. The zero-order valence-electron chi connectivity index (χ0n) is 16.6. The van der Waals surface area contributed by atoms with E-state index in [2.05, 4.69) is 10.00 Å². The summed E-state index contributed by atoms with van der Waals surface area (Å²) in [5.41, 5.74) is 1.88. The summed E-state index contributed by atoms with van der Waals surface area (Å²) >= 11 is 6.54. The summed E-state index contributed by atoms with van der Waals surface area (Å²) in [4.78, 5) is 30.6. The average Bonchev–Trinajstić information content (AvgIpc) is 2.84. The summed E-state index contributed by atoms with van der Waals surface area (Å²) in [6.45, 7) is 4.83. The number of hydrogen-bond acceptors (Lipinski definition) is 4. The van der Waals surface area contributed by atoms with Gasteiger partial charge >= 0.3 is 0 Å². The highest BCUT2D eigenvalue weighted by molar-refractivity contribution is 6.33. The Morgan fingerprint density at radius 2 is 1.82 bits per heavy atom. The summed E-state index contributed by atoms with van der Waals surface area (Å²) in [6, 6.07) is 9.53. The summed E-state index contributed by atoms with van der Waals surface area (Å²) in [6.07, 6.45) is 0.815. The van der Waals surface area contributed by atoms with Crippen molar-refractivity contribution in [1.82, 2.24) is 24.5 Å². The molecule has 0 atom stereocenters. The lowest BCUT2D eigenvalue weighted by atomic mass is 10.2. The summed E-state index contributed by atoms with van der Waals surface area (Å²) in [5.74, 6) is -0.0340. The monoisotopic (exact) mass is 403 g/mol. The first-order valence-electron chi connectivity index (χ1n) is 9.41. The highest BCUT2D eigenvalue weighted by atomic mass is 35.5. The summed E-state index contributed by atoms with van der Waals surface area (Å²) in [7, 11) is 3.51.